The predicted octanol–water partition coefficient (Wildman–Crippen LogP) is 3.06. The fourth-order valence-corrected chi connectivity index (χ4v) is 1.73. The Morgan fingerprint density at radius 2 is 1.82 bits per heavy atom. The van der Waals surface area contributed by atoms with E-state index in [9.17, 15) is 0 Å². The van der Waals surface area contributed by atoms with Gasteiger partial charge in [0.05, 0.1) is 0 Å². The number of hydrogen-bond donors (Lipinski definition) is 0. The van der Waals surface area contributed by atoms with Crippen molar-refractivity contribution in [1.82, 2.24) is 4.57 Å². The summed E-state index contributed by atoms with van der Waals surface area (Å²) in [4.78, 5) is 0. The van der Waals surface area contributed by atoms with Gasteiger partial charge in [0.25, 0.3) is 0 Å². The molecule has 2 heteroatoms. The lowest BCUT2D eigenvalue weighted by Gasteiger charge is -2.15. The van der Waals surface area contributed by atoms with Gasteiger partial charge in [-0.25, -0.2) is 0 Å². The number of halogens is 1. The summed E-state index contributed by atoms with van der Waals surface area (Å²) in [7, 11) is 0. The summed E-state index contributed by atoms with van der Waals surface area (Å²) in [5.41, 5.74) is 2.68. The van der Waals surface area contributed by atoms with E-state index in [4.69, 9.17) is 0 Å². The van der Waals surface area contributed by atoms with Crippen LogP contribution in [0.4, 0.5) is 0 Å². The second kappa shape index (κ2) is 3.44. The summed E-state index contributed by atoms with van der Waals surface area (Å²) < 4.78 is 2.34. The van der Waals surface area contributed by atoms with E-state index in [1.165, 1.54) is 11.4 Å². The quantitative estimate of drug-likeness (QED) is 0.669. The van der Waals surface area contributed by atoms with E-state index in [1.807, 2.05) is 0 Å². The Balaban J connectivity index is 3.00. The first-order valence-electron chi connectivity index (χ1n) is 3.87. The second-order valence-electron chi connectivity index (χ2n) is 2.99. The highest BCUT2D eigenvalue weighted by molar-refractivity contribution is 9.09. The molecule has 62 valence electrons. The van der Waals surface area contributed by atoms with E-state index < -0.39 is 0 Å². The first-order chi connectivity index (χ1) is 5.16. The summed E-state index contributed by atoms with van der Waals surface area (Å²) in [6.07, 6.45) is 0. The third-order valence-corrected chi connectivity index (χ3v) is 2.93. The van der Waals surface area contributed by atoms with Crippen molar-refractivity contribution in [3.63, 3.8) is 0 Å². The molecule has 1 aromatic rings. The van der Waals surface area contributed by atoms with Crippen LogP contribution >= 0.6 is 15.9 Å². The molecule has 1 heterocycles. The van der Waals surface area contributed by atoms with E-state index in [0.29, 0.717) is 6.04 Å². The topological polar surface area (TPSA) is 4.93 Å². The standard InChI is InChI=1S/C9H14BrN/c1-7-4-5-8(2)11(7)9(3)6-10/h4-5,9H,6H2,1-3H3/t9-/m0/s1. The number of aromatic nitrogens is 1. The maximum absolute atomic E-state index is 3.48. The smallest absolute Gasteiger partial charge is 0.0404 e. The van der Waals surface area contributed by atoms with Crippen LogP contribution in [0.1, 0.15) is 24.4 Å². The van der Waals surface area contributed by atoms with Crippen LogP contribution in [0.15, 0.2) is 12.1 Å². The van der Waals surface area contributed by atoms with E-state index >= 15 is 0 Å². The maximum Gasteiger partial charge on any atom is 0.0404 e. The molecule has 1 rings (SSSR count). The third-order valence-electron chi connectivity index (χ3n) is 1.99. The maximum atomic E-state index is 3.48. The molecule has 1 aromatic heterocycles. The third kappa shape index (κ3) is 1.67. The van der Waals surface area contributed by atoms with Gasteiger partial charge in [0, 0.05) is 22.8 Å². The molecule has 1 nitrogen and oxygen atoms in total. The van der Waals surface area contributed by atoms with E-state index in [0.717, 1.165) is 5.33 Å². The van der Waals surface area contributed by atoms with Crippen molar-refractivity contribution < 1.29 is 0 Å². The molecule has 0 radical (unpaired) electrons. The zero-order valence-electron chi connectivity index (χ0n) is 7.26. The van der Waals surface area contributed by atoms with Crippen LogP contribution in [0.3, 0.4) is 0 Å². The first-order valence-corrected chi connectivity index (χ1v) is 4.99. The van der Waals surface area contributed by atoms with Crippen LogP contribution in [0.2, 0.25) is 0 Å². The molecule has 0 amide bonds. The van der Waals surface area contributed by atoms with Crippen LogP contribution in [-0.2, 0) is 0 Å². The Bertz CT molecular complexity index is 220. The molecule has 0 unspecified atom stereocenters. The lowest BCUT2D eigenvalue weighted by atomic mass is 10.3. The van der Waals surface area contributed by atoms with Crippen LogP contribution in [0, 0.1) is 13.8 Å². The molecule has 0 N–H and O–H groups in total. The van der Waals surface area contributed by atoms with Gasteiger partial charge in [0.15, 0.2) is 0 Å². The van der Waals surface area contributed by atoms with Crippen LogP contribution in [0.25, 0.3) is 0 Å². The fourth-order valence-electron chi connectivity index (χ4n) is 1.44. The van der Waals surface area contributed by atoms with Gasteiger partial charge in [0.2, 0.25) is 0 Å². The zero-order valence-corrected chi connectivity index (χ0v) is 8.85. The molecule has 0 saturated heterocycles. The molecular weight excluding hydrogens is 202 g/mol. The minimum absolute atomic E-state index is 0.560. The van der Waals surface area contributed by atoms with E-state index in [2.05, 4.69) is 53.4 Å². The number of nitrogens with zero attached hydrogens (tertiary/aromatic N) is 1. The molecule has 11 heavy (non-hydrogen) atoms. The highest BCUT2D eigenvalue weighted by Gasteiger charge is 2.06. The fraction of sp³-hybridized carbons (Fsp3) is 0.556. The van der Waals surface area contributed by atoms with Gasteiger partial charge >= 0.3 is 0 Å². The number of hydrogen-bond acceptors (Lipinski definition) is 0. The monoisotopic (exact) mass is 215 g/mol. The molecule has 0 bridgehead atoms. The van der Waals surface area contributed by atoms with Gasteiger partial charge in [-0.1, -0.05) is 15.9 Å². The lowest BCUT2D eigenvalue weighted by molar-refractivity contribution is 0.586. The SMILES string of the molecule is Cc1ccc(C)n1[C@@H](C)CBr. The lowest BCUT2D eigenvalue weighted by Crippen LogP contribution is -2.09. The molecule has 0 saturated carbocycles. The Kier molecular flexibility index (Phi) is 2.77. The Hall–Kier alpha value is -0.240. The summed E-state index contributed by atoms with van der Waals surface area (Å²) in [5.74, 6) is 0. The molecule has 0 spiro atoms. The molecule has 0 aliphatic heterocycles. The number of alkyl halides is 1. The molecule has 0 aliphatic carbocycles. The van der Waals surface area contributed by atoms with E-state index in [-0.39, 0.29) is 0 Å². The molecule has 0 fully saturated rings. The number of aryl methyl sites for hydroxylation is 2. The first kappa shape index (κ1) is 8.85. The van der Waals surface area contributed by atoms with Crippen molar-refractivity contribution in [3.8, 4) is 0 Å². The minimum Gasteiger partial charge on any atom is -0.346 e. The van der Waals surface area contributed by atoms with Gasteiger partial charge in [-0.3, -0.25) is 0 Å². The van der Waals surface area contributed by atoms with Crippen molar-refractivity contribution in [2.75, 3.05) is 5.33 Å². The van der Waals surface area contributed by atoms with Crippen LogP contribution in [-0.4, -0.2) is 9.90 Å². The Morgan fingerprint density at radius 3 is 2.18 bits per heavy atom. The molecule has 0 aromatic carbocycles. The highest BCUT2D eigenvalue weighted by atomic mass is 79.9. The summed E-state index contributed by atoms with van der Waals surface area (Å²) in [6.45, 7) is 6.51. The predicted molar refractivity (Wildman–Crippen MR) is 52.4 cm³/mol. The van der Waals surface area contributed by atoms with Crippen molar-refractivity contribution in [3.05, 3.63) is 23.5 Å². The molecule has 1 atom stereocenters. The number of rotatable bonds is 2. The van der Waals surface area contributed by atoms with Gasteiger partial charge in [-0.2, -0.15) is 0 Å². The van der Waals surface area contributed by atoms with Crippen molar-refractivity contribution in [2.45, 2.75) is 26.8 Å². The largest absolute Gasteiger partial charge is 0.346 e. The Labute approximate surface area is 76.5 Å². The zero-order chi connectivity index (χ0) is 8.43. The van der Waals surface area contributed by atoms with Crippen LogP contribution < -0.4 is 0 Å². The highest BCUT2D eigenvalue weighted by Crippen LogP contribution is 2.16. The summed E-state index contributed by atoms with van der Waals surface area (Å²) in [6, 6.07) is 4.88. The second-order valence-corrected chi connectivity index (χ2v) is 3.64. The van der Waals surface area contributed by atoms with Crippen molar-refractivity contribution in [2.24, 2.45) is 0 Å². The van der Waals surface area contributed by atoms with Crippen molar-refractivity contribution >= 4 is 15.9 Å². The van der Waals surface area contributed by atoms with Crippen LogP contribution in [0.5, 0.6) is 0 Å². The normalized spacial score (nSPS) is 13.5. The van der Waals surface area contributed by atoms with Gasteiger partial charge in [-0.05, 0) is 32.9 Å². The average Bonchev–Trinajstić information content (AvgIpc) is 2.30. The summed E-state index contributed by atoms with van der Waals surface area (Å²) in [5, 5.41) is 1.02. The molecule has 0 aliphatic rings. The summed E-state index contributed by atoms with van der Waals surface area (Å²) >= 11 is 3.48. The average molecular weight is 216 g/mol. The van der Waals surface area contributed by atoms with E-state index in [1.54, 1.807) is 0 Å². The van der Waals surface area contributed by atoms with Crippen molar-refractivity contribution in [1.29, 1.82) is 0 Å². The van der Waals surface area contributed by atoms with Gasteiger partial charge < -0.3 is 4.57 Å². The molecular formula is C9H14BrN. The van der Waals surface area contributed by atoms with Gasteiger partial charge in [0.1, 0.15) is 0 Å². The van der Waals surface area contributed by atoms with Gasteiger partial charge in [-0.15, -0.1) is 0 Å². The Morgan fingerprint density at radius 1 is 1.36 bits per heavy atom. The minimum atomic E-state index is 0.560.